The molecule has 9 nitrogen and oxygen atoms in total. The molecule has 0 aliphatic heterocycles. The van der Waals surface area contributed by atoms with Crippen LogP contribution in [0.2, 0.25) is 0 Å². The van der Waals surface area contributed by atoms with Crippen molar-refractivity contribution in [3.63, 3.8) is 0 Å². The van der Waals surface area contributed by atoms with Gasteiger partial charge in [0, 0.05) is 0 Å². The molecule has 24 heavy (non-hydrogen) atoms. The summed E-state index contributed by atoms with van der Waals surface area (Å²) in [4.78, 5) is 46.2. The Morgan fingerprint density at radius 2 is 1.46 bits per heavy atom. The van der Waals surface area contributed by atoms with E-state index in [1.807, 2.05) is 6.92 Å². The van der Waals surface area contributed by atoms with Crippen molar-refractivity contribution in [1.82, 2.24) is 10.6 Å². The summed E-state index contributed by atoms with van der Waals surface area (Å²) in [5.74, 6) is -4.43. The summed E-state index contributed by atoms with van der Waals surface area (Å²) in [6.45, 7) is 6.83. The van der Waals surface area contributed by atoms with E-state index in [2.05, 4.69) is 10.6 Å². The monoisotopic (exact) mass is 345 g/mol. The quantitative estimate of drug-likeness (QED) is 0.358. The highest BCUT2D eigenvalue weighted by atomic mass is 16.4. The van der Waals surface area contributed by atoms with Crippen LogP contribution in [0.5, 0.6) is 0 Å². The summed E-state index contributed by atoms with van der Waals surface area (Å²) in [5, 5.41) is 22.6. The van der Waals surface area contributed by atoms with Crippen molar-refractivity contribution in [3.8, 4) is 0 Å². The van der Waals surface area contributed by atoms with Crippen LogP contribution in [0, 0.1) is 11.8 Å². The second kappa shape index (κ2) is 9.86. The first-order chi connectivity index (χ1) is 11.0. The third-order valence-corrected chi connectivity index (χ3v) is 3.75. The Hall–Kier alpha value is -2.16. The molecule has 0 aliphatic carbocycles. The van der Waals surface area contributed by atoms with E-state index in [-0.39, 0.29) is 11.8 Å². The lowest BCUT2D eigenvalue weighted by Crippen LogP contribution is -2.57. The fraction of sp³-hybridized carbons (Fsp3) is 0.733. The number of amides is 2. The SMILES string of the molecule is CC[C@H](C)[C@H](NC(=O)[C@@H](N)CC(=O)O)C(=O)N[C@H](C(=O)O)C(C)C. The number of aliphatic carboxylic acids is 2. The van der Waals surface area contributed by atoms with E-state index in [1.54, 1.807) is 20.8 Å². The van der Waals surface area contributed by atoms with Gasteiger partial charge in [-0.15, -0.1) is 0 Å². The molecular formula is C15H27N3O6. The minimum atomic E-state index is -1.29. The van der Waals surface area contributed by atoms with Gasteiger partial charge >= 0.3 is 11.9 Å². The van der Waals surface area contributed by atoms with E-state index in [0.29, 0.717) is 6.42 Å². The van der Waals surface area contributed by atoms with Gasteiger partial charge in [0.15, 0.2) is 0 Å². The second-order valence-electron chi connectivity index (χ2n) is 6.14. The van der Waals surface area contributed by atoms with E-state index in [4.69, 9.17) is 15.9 Å². The van der Waals surface area contributed by atoms with Crippen LogP contribution >= 0.6 is 0 Å². The van der Waals surface area contributed by atoms with Crippen LogP contribution in [0.4, 0.5) is 0 Å². The molecule has 4 atom stereocenters. The average molecular weight is 345 g/mol. The van der Waals surface area contributed by atoms with Crippen LogP contribution in [0.3, 0.4) is 0 Å². The molecule has 0 saturated heterocycles. The van der Waals surface area contributed by atoms with Gasteiger partial charge in [0.1, 0.15) is 12.1 Å². The Balaban J connectivity index is 5.12. The number of hydrogen-bond donors (Lipinski definition) is 5. The highest BCUT2D eigenvalue weighted by Gasteiger charge is 2.32. The lowest BCUT2D eigenvalue weighted by molar-refractivity contribution is -0.144. The van der Waals surface area contributed by atoms with Crippen LogP contribution in [-0.2, 0) is 19.2 Å². The van der Waals surface area contributed by atoms with Gasteiger partial charge in [0.2, 0.25) is 11.8 Å². The summed E-state index contributed by atoms with van der Waals surface area (Å²) in [6.07, 6.45) is -0.0175. The normalized spacial score (nSPS) is 15.9. The highest BCUT2D eigenvalue weighted by molar-refractivity contribution is 5.93. The van der Waals surface area contributed by atoms with Gasteiger partial charge in [0.05, 0.1) is 12.5 Å². The number of carbonyl (C=O) groups is 4. The molecule has 0 fully saturated rings. The minimum absolute atomic E-state index is 0.285. The molecule has 9 heteroatoms. The first-order valence-electron chi connectivity index (χ1n) is 7.82. The van der Waals surface area contributed by atoms with Crippen molar-refractivity contribution < 1.29 is 29.4 Å². The summed E-state index contributed by atoms with van der Waals surface area (Å²) in [6, 6.07) is -3.38. The first kappa shape index (κ1) is 21.8. The van der Waals surface area contributed by atoms with Crippen molar-refractivity contribution in [2.45, 2.75) is 58.7 Å². The third-order valence-electron chi connectivity index (χ3n) is 3.75. The molecule has 0 aromatic heterocycles. The predicted molar refractivity (Wildman–Crippen MR) is 86.0 cm³/mol. The smallest absolute Gasteiger partial charge is 0.326 e. The van der Waals surface area contributed by atoms with Gasteiger partial charge < -0.3 is 26.6 Å². The van der Waals surface area contributed by atoms with Crippen molar-refractivity contribution >= 4 is 23.8 Å². The molecule has 6 N–H and O–H groups in total. The van der Waals surface area contributed by atoms with Crippen LogP contribution in [0.15, 0.2) is 0 Å². The molecule has 0 radical (unpaired) electrons. The molecule has 0 saturated carbocycles. The third kappa shape index (κ3) is 6.95. The number of hydrogen-bond acceptors (Lipinski definition) is 5. The summed E-state index contributed by atoms with van der Waals surface area (Å²) >= 11 is 0. The minimum Gasteiger partial charge on any atom is -0.481 e. The number of nitrogens with one attached hydrogen (secondary N) is 2. The first-order valence-corrected chi connectivity index (χ1v) is 7.82. The van der Waals surface area contributed by atoms with E-state index in [9.17, 15) is 19.2 Å². The van der Waals surface area contributed by atoms with Crippen molar-refractivity contribution in [2.75, 3.05) is 0 Å². The van der Waals surface area contributed by atoms with Gasteiger partial charge in [-0.2, -0.15) is 0 Å². The lowest BCUT2D eigenvalue weighted by Gasteiger charge is -2.27. The van der Waals surface area contributed by atoms with Crippen molar-refractivity contribution in [1.29, 1.82) is 0 Å². The molecule has 2 amide bonds. The molecule has 0 aromatic carbocycles. The number of carboxylic acids is 2. The molecule has 0 bridgehead atoms. The molecule has 138 valence electrons. The fourth-order valence-corrected chi connectivity index (χ4v) is 2.00. The Bertz CT molecular complexity index is 480. The Morgan fingerprint density at radius 3 is 1.83 bits per heavy atom. The summed E-state index contributed by atoms with van der Waals surface area (Å²) in [7, 11) is 0. The lowest BCUT2D eigenvalue weighted by atomic mass is 9.96. The van der Waals surface area contributed by atoms with Crippen LogP contribution < -0.4 is 16.4 Å². The standard InChI is InChI=1S/C15H27N3O6/c1-5-8(4)12(18-13(21)9(16)6-10(19)20)14(22)17-11(7(2)3)15(23)24/h7-9,11-12H,5-6,16H2,1-4H3,(H,17,22)(H,18,21)(H,19,20)(H,23,24)/t8-,9-,11-,12-/m0/s1. The topological polar surface area (TPSA) is 159 Å². The molecule has 0 rings (SSSR count). The van der Waals surface area contributed by atoms with Gasteiger partial charge in [-0.1, -0.05) is 34.1 Å². The van der Waals surface area contributed by atoms with Gasteiger partial charge in [-0.05, 0) is 11.8 Å². The maximum absolute atomic E-state index is 12.4. The van der Waals surface area contributed by atoms with Gasteiger partial charge in [-0.3, -0.25) is 14.4 Å². The Kier molecular flexibility index (Phi) is 8.97. The van der Waals surface area contributed by atoms with Crippen LogP contribution in [-0.4, -0.2) is 52.1 Å². The van der Waals surface area contributed by atoms with Gasteiger partial charge in [0.25, 0.3) is 0 Å². The molecule has 0 spiro atoms. The zero-order valence-electron chi connectivity index (χ0n) is 14.4. The maximum atomic E-state index is 12.4. The fourth-order valence-electron chi connectivity index (χ4n) is 2.00. The number of carboxylic acid groups (broad SMARTS) is 2. The molecular weight excluding hydrogens is 318 g/mol. The van der Waals surface area contributed by atoms with E-state index in [0.717, 1.165) is 0 Å². The zero-order chi connectivity index (χ0) is 19.0. The molecule has 0 unspecified atom stereocenters. The Labute approximate surface area is 141 Å². The predicted octanol–water partition coefficient (Wildman–Crippen LogP) is -0.455. The summed E-state index contributed by atoms with van der Waals surface area (Å²) in [5.41, 5.74) is 5.49. The van der Waals surface area contributed by atoms with Crippen LogP contribution in [0.1, 0.15) is 40.5 Å². The van der Waals surface area contributed by atoms with E-state index in [1.165, 1.54) is 0 Å². The molecule has 0 aromatic rings. The molecule has 0 heterocycles. The van der Waals surface area contributed by atoms with Gasteiger partial charge in [-0.25, -0.2) is 4.79 Å². The number of carbonyl (C=O) groups excluding carboxylic acids is 2. The number of rotatable bonds is 10. The van der Waals surface area contributed by atoms with Crippen LogP contribution in [0.25, 0.3) is 0 Å². The van der Waals surface area contributed by atoms with Crippen molar-refractivity contribution in [2.24, 2.45) is 17.6 Å². The zero-order valence-corrected chi connectivity index (χ0v) is 14.4. The number of nitrogens with two attached hydrogens (primary N) is 1. The molecule has 0 aliphatic rings. The van der Waals surface area contributed by atoms with E-state index < -0.39 is 48.3 Å². The van der Waals surface area contributed by atoms with E-state index >= 15 is 0 Å². The maximum Gasteiger partial charge on any atom is 0.326 e. The highest BCUT2D eigenvalue weighted by Crippen LogP contribution is 2.10. The van der Waals surface area contributed by atoms with Crippen molar-refractivity contribution in [3.05, 3.63) is 0 Å². The summed E-state index contributed by atoms with van der Waals surface area (Å²) < 4.78 is 0. The second-order valence-corrected chi connectivity index (χ2v) is 6.14. The largest absolute Gasteiger partial charge is 0.481 e. The average Bonchev–Trinajstić information content (AvgIpc) is 2.47. The Morgan fingerprint density at radius 1 is 0.958 bits per heavy atom.